The van der Waals surface area contributed by atoms with E-state index in [1.165, 1.54) is 10.4 Å². The van der Waals surface area contributed by atoms with Gasteiger partial charge in [-0.15, -0.1) is 11.3 Å². The molecule has 19 heavy (non-hydrogen) atoms. The molecule has 0 saturated heterocycles. The molecule has 0 bridgehead atoms. The predicted molar refractivity (Wildman–Crippen MR) is 88.0 cm³/mol. The largest absolute Gasteiger partial charge is 1.00 e. The second-order valence-electron chi connectivity index (χ2n) is 4.81. The molecule has 0 atom stereocenters. The molecule has 1 aromatic carbocycles. The molecule has 0 unspecified atom stereocenters. The van der Waals surface area contributed by atoms with Crippen LogP contribution in [0.4, 0.5) is 5.69 Å². The van der Waals surface area contributed by atoms with E-state index in [1.54, 1.807) is 11.3 Å². The lowest BCUT2D eigenvalue weighted by Gasteiger charge is -2.12. The van der Waals surface area contributed by atoms with E-state index in [-0.39, 0.29) is 1.43 Å². The fraction of sp³-hybridized carbons (Fsp3) is 0.267. The van der Waals surface area contributed by atoms with Crippen molar-refractivity contribution in [3.63, 3.8) is 0 Å². The highest BCUT2D eigenvalue weighted by molar-refractivity contribution is 7.12. The summed E-state index contributed by atoms with van der Waals surface area (Å²) in [6.45, 7) is 8.46. The fourth-order valence-electron chi connectivity index (χ4n) is 1.79. The third-order valence-electron chi connectivity index (χ3n) is 2.64. The quantitative estimate of drug-likeness (QED) is 0.592. The number of hydrogen-bond donors (Lipinski definition) is 0. The number of aryl methyl sites for hydroxylation is 1. The normalized spacial score (nSPS) is 11.9. The van der Waals surface area contributed by atoms with Gasteiger partial charge in [-0.1, -0.05) is 12.1 Å². The summed E-state index contributed by atoms with van der Waals surface area (Å²) in [7, 11) is -1.11. The van der Waals surface area contributed by atoms with Crippen LogP contribution in [-0.4, -0.2) is 14.8 Å². The Morgan fingerprint density at radius 2 is 2.11 bits per heavy atom. The van der Waals surface area contributed by atoms with Gasteiger partial charge in [-0.3, -0.25) is 0 Å². The Bertz CT molecular complexity index is 582. The number of thiophene rings is 1. The SMILES string of the molecule is CC(=Nc1cc(C)ccc1O[SiH](C)C)c1cccs1.[H+]. The average molecular weight is 290 g/mol. The van der Waals surface area contributed by atoms with Crippen molar-refractivity contribution in [3.05, 3.63) is 46.2 Å². The number of rotatable bonds is 4. The summed E-state index contributed by atoms with van der Waals surface area (Å²) in [6.07, 6.45) is 0. The van der Waals surface area contributed by atoms with Gasteiger partial charge in [0.25, 0.3) is 0 Å². The smallest absolute Gasteiger partial charge is 0.546 e. The maximum Gasteiger partial charge on any atom is 1.00 e. The van der Waals surface area contributed by atoms with Crippen LogP contribution < -0.4 is 4.43 Å². The number of benzene rings is 1. The standard InChI is InChI=1S/C15H19NOSSi/c1-11-7-8-14(17-19(3)4)13(10-11)16-12(2)15-6-5-9-18-15/h5-10,19H,1-4H3/p+1. The highest BCUT2D eigenvalue weighted by atomic mass is 32.1. The van der Waals surface area contributed by atoms with E-state index in [2.05, 4.69) is 43.6 Å². The molecule has 2 rings (SSSR count). The second kappa shape index (κ2) is 6.17. The molecule has 0 fully saturated rings. The van der Waals surface area contributed by atoms with Gasteiger partial charge in [-0.05, 0) is 56.1 Å². The lowest BCUT2D eigenvalue weighted by molar-refractivity contribution is 0.582. The first-order valence-corrected chi connectivity index (χ1v) is 10.1. The van der Waals surface area contributed by atoms with E-state index in [0.29, 0.717) is 0 Å². The molecular formula is C15H20NOSSi+. The topological polar surface area (TPSA) is 21.6 Å². The summed E-state index contributed by atoms with van der Waals surface area (Å²) < 4.78 is 5.95. The molecule has 100 valence electrons. The molecule has 0 radical (unpaired) electrons. The third kappa shape index (κ3) is 3.78. The molecule has 0 aliphatic rings. The van der Waals surface area contributed by atoms with Crippen LogP contribution in [0.5, 0.6) is 5.75 Å². The summed E-state index contributed by atoms with van der Waals surface area (Å²) >= 11 is 1.71. The summed E-state index contributed by atoms with van der Waals surface area (Å²) in [5.41, 5.74) is 3.18. The summed E-state index contributed by atoms with van der Waals surface area (Å²) in [5, 5.41) is 2.07. The number of aliphatic imine (C=N–C) groups is 1. The zero-order valence-corrected chi connectivity index (χ0v) is 13.8. The molecule has 0 aliphatic carbocycles. The van der Waals surface area contributed by atoms with Gasteiger partial charge in [0.1, 0.15) is 11.4 Å². The molecule has 1 aromatic heterocycles. The van der Waals surface area contributed by atoms with Crippen molar-refractivity contribution in [1.29, 1.82) is 0 Å². The Hall–Kier alpha value is -1.39. The first kappa shape index (κ1) is 14.0. The van der Waals surface area contributed by atoms with Crippen molar-refractivity contribution >= 4 is 31.8 Å². The van der Waals surface area contributed by atoms with Crippen LogP contribution in [0.3, 0.4) is 0 Å². The summed E-state index contributed by atoms with van der Waals surface area (Å²) in [5.74, 6) is 0.906. The van der Waals surface area contributed by atoms with Gasteiger partial charge in [0.15, 0.2) is 0 Å². The van der Waals surface area contributed by atoms with Crippen LogP contribution in [0.1, 0.15) is 18.8 Å². The van der Waals surface area contributed by atoms with Crippen LogP contribution in [0.2, 0.25) is 13.1 Å². The molecule has 2 nitrogen and oxygen atoms in total. The van der Waals surface area contributed by atoms with Crippen LogP contribution >= 0.6 is 11.3 Å². The number of nitrogens with zero attached hydrogens (tertiary/aromatic N) is 1. The van der Waals surface area contributed by atoms with Gasteiger partial charge in [0, 0.05) is 4.88 Å². The van der Waals surface area contributed by atoms with Gasteiger partial charge in [-0.2, -0.15) is 0 Å². The molecule has 0 N–H and O–H groups in total. The minimum atomic E-state index is -1.11. The summed E-state index contributed by atoms with van der Waals surface area (Å²) in [6, 6.07) is 10.3. The molecule has 2 aromatic rings. The highest BCUT2D eigenvalue weighted by Crippen LogP contribution is 2.30. The Kier molecular flexibility index (Phi) is 4.55. The molecule has 0 amide bonds. The van der Waals surface area contributed by atoms with Gasteiger partial charge in [0.2, 0.25) is 9.04 Å². The van der Waals surface area contributed by atoms with Gasteiger partial charge < -0.3 is 4.43 Å². The Morgan fingerprint density at radius 1 is 1.32 bits per heavy atom. The molecule has 0 aliphatic heterocycles. The van der Waals surface area contributed by atoms with Crippen LogP contribution in [-0.2, 0) is 0 Å². The summed E-state index contributed by atoms with van der Waals surface area (Å²) in [4.78, 5) is 5.94. The molecule has 1 heterocycles. The Balaban J connectivity index is 0.00000200. The van der Waals surface area contributed by atoms with Crippen molar-refractivity contribution in [2.45, 2.75) is 26.9 Å². The number of hydrogen-bond acceptors (Lipinski definition) is 3. The van der Waals surface area contributed by atoms with Crippen LogP contribution in [0.25, 0.3) is 0 Å². The fourth-order valence-corrected chi connectivity index (χ4v) is 3.17. The maximum absolute atomic E-state index is 5.95. The van der Waals surface area contributed by atoms with Crippen LogP contribution in [0, 0.1) is 6.92 Å². The minimum Gasteiger partial charge on any atom is -0.546 e. The average Bonchev–Trinajstić information content (AvgIpc) is 2.86. The van der Waals surface area contributed by atoms with Crippen molar-refractivity contribution in [1.82, 2.24) is 0 Å². The first-order valence-electron chi connectivity index (χ1n) is 6.42. The second-order valence-corrected chi connectivity index (χ2v) is 8.09. The van der Waals surface area contributed by atoms with Crippen molar-refractivity contribution < 1.29 is 5.85 Å². The van der Waals surface area contributed by atoms with Crippen molar-refractivity contribution in [2.24, 2.45) is 4.99 Å². The molecule has 0 saturated carbocycles. The van der Waals surface area contributed by atoms with Crippen molar-refractivity contribution in [2.75, 3.05) is 0 Å². The van der Waals surface area contributed by atoms with Gasteiger partial charge in [0.05, 0.1) is 5.71 Å². The van der Waals surface area contributed by atoms with E-state index >= 15 is 0 Å². The van der Waals surface area contributed by atoms with Gasteiger partial charge >= 0.3 is 1.43 Å². The van der Waals surface area contributed by atoms with E-state index in [4.69, 9.17) is 9.42 Å². The Labute approximate surface area is 122 Å². The van der Waals surface area contributed by atoms with E-state index < -0.39 is 9.04 Å². The highest BCUT2D eigenvalue weighted by Gasteiger charge is 2.07. The Morgan fingerprint density at radius 3 is 2.74 bits per heavy atom. The third-order valence-corrected chi connectivity index (χ3v) is 4.35. The molecule has 4 heteroatoms. The van der Waals surface area contributed by atoms with Crippen molar-refractivity contribution in [3.8, 4) is 5.75 Å². The zero-order valence-electron chi connectivity index (χ0n) is 12.8. The molecular weight excluding hydrogens is 270 g/mol. The lowest BCUT2D eigenvalue weighted by atomic mass is 10.2. The lowest BCUT2D eigenvalue weighted by Crippen LogP contribution is -2.11. The minimum absolute atomic E-state index is 0. The predicted octanol–water partition coefficient (Wildman–Crippen LogP) is 4.67. The van der Waals surface area contributed by atoms with Crippen LogP contribution in [0.15, 0.2) is 40.7 Å². The van der Waals surface area contributed by atoms with E-state index in [9.17, 15) is 0 Å². The van der Waals surface area contributed by atoms with Gasteiger partial charge in [-0.25, -0.2) is 4.99 Å². The zero-order chi connectivity index (χ0) is 13.8. The monoisotopic (exact) mass is 290 g/mol. The van der Waals surface area contributed by atoms with E-state index in [1.807, 2.05) is 19.1 Å². The van der Waals surface area contributed by atoms with E-state index in [0.717, 1.165) is 17.1 Å². The maximum atomic E-state index is 5.95. The first-order chi connectivity index (χ1) is 9.06. The molecule has 0 spiro atoms.